The lowest BCUT2D eigenvalue weighted by molar-refractivity contribution is 0.174. The molecule has 1 aromatic rings. The summed E-state index contributed by atoms with van der Waals surface area (Å²) in [4.78, 5) is 2.70. The fourth-order valence-corrected chi connectivity index (χ4v) is 3.17. The van der Waals surface area contributed by atoms with Gasteiger partial charge in [-0.3, -0.25) is 4.90 Å². The zero-order chi connectivity index (χ0) is 13.0. The van der Waals surface area contributed by atoms with Crippen molar-refractivity contribution in [2.75, 3.05) is 20.1 Å². The minimum absolute atomic E-state index is 0.589. The smallest absolute Gasteiger partial charge is 0.0348 e. The highest BCUT2D eigenvalue weighted by atomic mass is 15.2. The predicted octanol–water partition coefficient (Wildman–Crippen LogP) is 3.13. The van der Waals surface area contributed by atoms with E-state index in [1.165, 1.54) is 36.9 Å². The average Bonchev–Trinajstić information content (AvgIpc) is 2.82. The Balaban J connectivity index is 2.14. The van der Waals surface area contributed by atoms with Crippen LogP contribution in [0.15, 0.2) is 24.3 Å². The van der Waals surface area contributed by atoms with Crippen molar-refractivity contribution in [3.05, 3.63) is 35.4 Å². The van der Waals surface area contributed by atoms with Crippen LogP contribution < -0.4 is 5.32 Å². The average molecular weight is 246 g/mol. The normalized spacial score (nSPS) is 22.3. The van der Waals surface area contributed by atoms with Crippen molar-refractivity contribution in [1.82, 2.24) is 10.2 Å². The lowest BCUT2D eigenvalue weighted by Crippen LogP contribution is -2.39. The van der Waals surface area contributed by atoms with Crippen molar-refractivity contribution in [3.63, 3.8) is 0 Å². The summed E-state index contributed by atoms with van der Waals surface area (Å²) < 4.78 is 0. The highest BCUT2D eigenvalue weighted by Crippen LogP contribution is 2.31. The van der Waals surface area contributed by atoms with Crippen molar-refractivity contribution >= 4 is 0 Å². The minimum Gasteiger partial charge on any atom is -0.318 e. The first-order valence-corrected chi connectivity index (χ1v) is 7.23. The zero-order valence-corrected chi connectivity index (χ0v) is 11.9. The molecule has 0 bridgehead atoms. The van der Waals surface area contributed by atoms with Crippen LogP contribution in [-0.4, -0.2) is 31.1 Å². The largest absolute Gasteiger partial charge is 0.318 e. The Morgan fingerprint density at radius 2 is 2.06 bits per heavy atom. The number of nitrogens with one attached hydrogen (secondary N) is 1. The molecule has 1 fully saturated rings. The Morgan fingerprint density at radius 1 is 1.33 bits per heavy atom. The SMILES string of the molecule is CCC(c1ccc(C)cc1)N1CCCC1CNC. The van der Waals surface area contributed by atoms with Crippen LogP contribution in [0.5, 0.6) is 0 Å². The topological polar surface area (TPSA) is 15.3 Å². The van der Waals surface area contributed by atoms with E-state index in [0.29, 0.717) is 12.1 Å². The maximum Gasteiger partial charge on any atom is 0.0348 e. The molecule has 100 valence electrons. The molecule has 0 saturated carbocycles. The first-order valence-electron chi connectivity index (χ1n) is 7.23. The molecule has 2 heteroatoms. The van der Waals surface area contributed by atoms with Crippen LogP contribution in [0, 0.1) is 6.92 Å². The van der Waals surface area contributed by atoms with Gasteiger partial charge in [-0.2, -0.15) is 0 Å². The van der Waals surface area contributed by atoms with E-state index < -0.39 is 0 Å². The number of nitrogens with zero attached hydrogens (tertiary/aromatic N) is 1. The summed E-state index contributed by atoms with van der Waals surface area (Å²) in [5.74, 6) is 0. The van der Waals surface area contributed by atoms with Crippen LogP contribution in [0.2, 0.25) is 0 Å². The van der Waals surface area contributed by atoms with Gasteiger partial charge in [0, 0.05) is 18.6 Å². The van der Waals surface area contributed by atoms with Crippen LogP contribution in [-0.2, 0) is 0 Å². The molecule has 0 aliphatic carbocycles. The number of hydrogen-bond acceptors (Lipinski definition) is 2. The number of likely N-dealkylation sites (tertiary alicyclic amines) is 1. The summed E-state index contributed by atoms with van der Waals surface area (Å²) in [5.41, 5.74) is 2.83. The van der Waals surface area contributed by atoms with E-state index in [1.54, 1.807) is 0 Å². The maximum absolute atomic E-state index is 3.34. The van der Waals surface area contributed by atoms with Crippen LogP contribution in [0.25, 0.3) is 0 Å². The fraction of sp³-hybridized carbons (Fsp3) is 0.625. The quantitative estimate of drug-likeness (QED) is 0.858. The first-order chi connectivity index (χ1) is 8.76. The lowest BCUT2D eigenvalue weighted by Gasteiger charge is -2.33. The van der Waals surface area contributed by atoms with Gasteiger partial charge in [-0.1, -0.05) is 36.8 Å². The van der Waals surface area contributed by atoms with E-state index in [-0.39, 0.29) is 0 Å². The molecule has 0 aromatic heterocycles. The number of likely N-dealkylation sites (N-methyl/N-ethyl adjacent to an activating group) is 1. The summed E-state index contributed by atoms with van der Waals surface area (Å²) >= 11 is 0. The monoisotopic (exact) mass is 246 g/mol. The van der Waals surface area contributed by atoms with Crippen LogP contribution in [0.1, 0.15) is 43.4 Å². The molecule has 2 rings (SSSR count). The number of aryl methyl sites for hydroxylation is 1. The van der Waals surface area contributed by atoms with Gasteiger partial charge >= 0.3 is 0 Å². The molecule has 2 unspecified atom stereocenters. The molecule has 1 heterocycles. The third kappa shape index (κ3) is 2.93. The molecule has 1 saturated heterocycles. The second-order valence-electron chi connectivity index (χ2n) is 5.43. The van der Waals surface area contributed by atoms with E-state index in [0.717, 1.165) is 6.54 Å². The van der Waals surface area contributed by atoms with Crippen molar-refractivity contribution in [3.8, 4) is 0 Å². The highest BCUT2D eigenvalue weighted by Gasteiger charge is 2.29. The highest BCUT2D eigenvalue weighted by molar-refractivity contribution is 5.24. The number of hydrogen-bond donors (Lipinski definition) is 1. The number of rotatable bonds is 5. The lowest BCUT2D eigenvalue weighted by atomic mass is 10.0. The van der Waals surface area contributed by atoms with Gasteiger partial charge in [0.2, 0.25) is 0 Å². The molecule has 0 spiro atoms. The maximum atomic E-state index is 3.34. The molecule has 1 aromatic carbocycles. The molecule has 0 amide bonds. The summed E-state index contributed by atoms with van der Waals surface area (Å²) in [6, 6.07) is 10.4. The van der Waals surface area contributed by atoms with Crippen molar-refractivity contribution in [2.24, 2.45) is 0 Å². The molecule has 2 atom stereocenters. The van der Waals surface area contributed by atoms with Crippen LogP contribution >= 0.6 is 0 Å². The van der Waals surface area contributed by atoms with Gasteiger partial charge in [-0.15, -0.1) is 0 Å². The van der Waals surface area contributed by atoms with Gasteiger partial charge in [0.1, 0.15) is 0 Å². The molecular formula is C16H26N2. The van der Waals surface area contributed by atoms with Gasteiger partial charge in [0.25, 0.3) is 0 Å². The van der Waals surface area contributed by atoms with Gasteiger partial charge in [0.15, 0.2) is 0 Å². The molecule has 2 nitrogen and oxygen atoms in total. The molecule has 1 aliphatic heterocycles. The van der Waals surface area contributed by atoms with Gasteiger partial charge < -0.3 is 5.32 Å². The minimum atomic E-state index is 0.589. The molecule has 18 heavy (non-hydrogen) atoms. The van der Waals surface area contributed by atoms with E-state index in [2.05, 4.69) is 55.4 Å². The van der Waals surface area contributed by atoms with E-state index in [9.17, 15) is 0 Å². The van der Waals surface area contributed by atoms with Crippen molar-refractivity contribution < 1.29 is 0 Å². The van der Waals surface area contributed by atoms with Crippen LogP contribution in [0.4, 0.5) is 0 Å². The predicted molar refractivity (Wildman–Crippen MR) is 77.9 cm³/mol. The Labute approximate surface area is 111 Å². The molecule has 1 aliphatic rings. The summed E-state index contributed by atoms with van der Waals surface area (Å²) in [7, 11) is 2.06. The Morgan fingerprint density at radius 3 is 2.67 bits per heavy atom. The number of benzene rings is 1. The summed E-state index contributed by atoms with van der Waals surface area (Å²) in [6.07, 6.45) is 3.88. The first kappa shape index (κ1) is 13.6. The third-order valence-electron chi connectivity index (χ3n) is 4.11. The Bertz CT molecular complexity index is 358. The van der Waals surface area contributed by atoms with E-state index >= 15 is 0 Å². The van der Waals surface area contributed by atoms with Gasteiger partial charge in [-0.25, -0.2) is 0 Å². The molecule has 1 N–H and O–H groups in total. The summed E-state index contributed by atoms with van der Waals surface area (Å²) in [6.45, 7) is 6.82. The van der Waals surface area contributed by atoms with Crippen LogP contribution in [0.3, 0.4) is 0 Å². The fourth-order valence-electron chi connectivity index (χ4n) is 3.17. The second kappa shape index (κ2) is 6.35. The zero-order valence-electron chi connectivity index (χ0n) is 11.9. The summed E-state index contributed by atoms with van der Waals surface area (Å²) in [5, 5.41) is 3.34. The Kier molecular flexibility index (Phi) is 4.79. The van der Waals surface area contributed by atoms with Crippen molar-refractivity contribution in [1.29, 1.82) is 0 Å². The second-order valence-corrected chi connectivity index (χ2v) is 5.43. The van der Waals surface area contributed by atoms with Gasteiger partial charge in [0.05, 0.1) is 0 Å². The van der Waals surface area contributed by atoms with E-state index in [1.807, 2.05) is 0 Å². The van der Waals surface area contributed by atoms with Crippen molar-refractivity contribution in [2.45, 2.75) is 45.2 Å². The molecule has 0 radical (unpaired) electrons. The standard InChI is InChI=1S/C16H26N2/c1-4-16(14-9-7-13(2)8-10-14)18-11-5-6-15(18)12-17-3/h7-10,15-17H,4-6,11-12H2,1-3H3. The Hall–Kier alpha value is -0.860. The molecular weight excluding hydrogens is 220 g/mol. The third-order valence-corrected chi connectivity index (χ3v) is 4.11. The van der Waals surface area contributed by atoms with Gasteiger partial charge in [-0.05, 0) is 45.3 Å². The van der Waals surface area contributed by atoms with E-state index in [4.69, 9.17) is 0 Å².